The van der Waals surface area contributed by atoms with Gasteiger partial charge in [-0.05, 0) is 6.92 Å². The molecule has 84 valence electrons. The van der Waals surface area contributed by atoms with Crippen molar-refractivity contribution >= 4 is 5.82 Å². The first kappa shape index (κ1) is 11.5. The van der Waals surface area contributed by atoms with Gasteiger partial charge in [0.2, 0.25) is 0 Å². The summed E-state index contributed by atoms with van der Waals surface area (Å²) >= 11 is 0. The Balaban J connectivity index is 2.59. The summed E-state index contributed by atoms with van der Waals surface area (Å²) in [4.78, 5) is 16.7. The van der Waals surface area contributed by atoms with Gasteiger partial charge in [0.25, 0.3) is 5.56 Å². The van der Waals surface area contributed by atoms with Crippen LogP contribution in [0.15, 0.2) is 17.2 Å². The summed E-state index contributed by atoms with van der Waals surface area (Å²) in [5, 5.41) is 2.49. The number of hydrogen-bond acceptors (Lipinski definition) is 3. The largest absolute Gasteiger partial charge is 0.391 e. The zero-order valence-electron chi connectivity index (χ0n) is 7.93. The highest BCUT2D eigenvalue weighted by Gasteiger charge is 2.29. The molecule has 0 saturated heterocycles. The van der Waals surface area contributed by atoms with Crippen LogP contribution < -0.4 is 10.9 Å². The number of anilines is 1. The number of halogens is 3. The molecule has 0 fully saturated rings. The van der Waals surface area contributed by atoms with Gasteiger partial charge in [0.1, 0.15) is 5.82 Å². The summed E-state index contributed by atoms with van der Waals surface area (Å²) in [5.41, 5.74) is -0.410. The third kappa shape index (κ3) is 4.48. The minimum absolute atomic E-state index is 0.135. The standard InChI is InChI=1S/C8H10F3N3O/c1-5(3-8(9,10)11)14-6-2-7(15)13-4-12-6/h2,4-5H,3H2,1H3,(H2,12,13,14,15). The van der Waals surface area contributed by atoms with E-state index in [-0.39, 0.29) is 5.82 Å². The molecule has 0 aliphatic heterocycles. The van der Waals surface area contributed by atoms with Crippen molar-refractivity contribution in [3.8, 4) is 0 Å². The lowest BCUT2D eigenvalue weighted by atomic mass is 10.2. The molecule has 15 heavy (non-hydrogen) atoms. The van der Waals surface area contributed by atoms with Crippen molar-refractivity contribution in [3.63, 3.8) is 0 Å². The van der Waals surface area contributed by atoms with E-state index in [1.54, 1.807) is 0 Å². The molecule has 0 spiro atoms. The highest BCUT2D eigenvalue weighted by Crippen LogP contribution is 2.22. The number of rotatable bonds is 3. The molecule has 0 aliphatic rings. The molecule has 0 saturated carbocycles. The van der Waals surface area contributed by atoms with Crippen LogP contribution in [0.25, 0.3) is 0 Å². The molecule has 0 aliphatic carbocycles. The quantitative estimate of drug-likeness (QED) is 0.813. The molecule has 0 radical (unpaired) electrons. The van der Waals surface area contributed by atoms with E-state index in [1.165, 1.54) is 6.92 Å². The van der Waals surface area contributed by atoms with Gasteiger partial charge in [0, 0.05) is 12.1 Å². The first-order chi connectivity index (χ1) is 6.87. The number of nitrogens with one attached hydrogen (secondary N) is 2. The van der Waals surface area contributed by atoms with Crippen LogP contribution in [0.5, 0.6) is 0 Å². The summed E-state index contributed by atoms with van der Waals surface area (Å²) in [7, 11) is 0. The minimum Gasteiger partial charge on any atom is -0.367 e. The molecule has 1 rings (SSSR count). The fourth-order valence-electron chi connectivity index (χ4n) is 1.10. The molecule has 1 heterocycles. The van der Waals surface area contributed by atoms with Crippen LogP contribution in [0.1, 0.15) is 13.3 Å². The molecule has 1 aromatic heterocycles. The second kappa shape index (κ2) is 4.33. The van der Waals surface area contributed by atoms with E-state index >= 15 is 0 Å². The smallest absolute Gasteiger partial charge is 0.367 e. The lowest BCUT2D eigenvalue weighted by Gasteiger charge is -2.15. The minimum atomic E-state index is -4.23. The maximum Gasteiger partial charge on any atom is 0.391 e. The summed E-state index contributed by atoms with van der Waals surface area (Å²) in [6.07, 6.45) is -4.07. The van der Waals surface area contributed by atoms with Crippen molar-refractivity contribution in [2.45, 2.75) is 25.6 Å². The van der Waals surface area contributed by atoms with Crippen LogP contribution >= 0.6 is 0 Å². The molecule has 0 amide bonds. The van der Waals surface area contributed by atoms with Crippen molar-refractivity contribution in [2.24, 2.45) is 0 Å². The second-order valence-corrected chi connectivity index (χ2v) is 3.16. The number of hydrogen-bond donors (Lipinski definition) is 2. The Hall–Kier alpha value is -1.53. The second-order valence-electron chi connectivity index (χ2n) is 3.16. The van der Waals surface area contributed by atoms with E-state index in [0.717, 1.165) is 12.4 Å². The molecule has 4 nitrogen and oxygen atoms in total. The van der Waals surface area contributed by atoms with Crippen LogP contribution in [-0.4, -0.2) is 22.2 Å². The number of alkyl halides is 3. The fourth-order valence-corrected chi connectivity index (χ4v) is 1.10. The molecule has 1 aromatic rings. The van der Waals surface area contributed by atoms with E-state index in [2.05, 4.69) is 15.3 Å². The molecule has 1 unspecified atom stereocenters. The predicted octanol–water partition coefficient (Wildman–Crippen LogP) is 1.52. The first-order valence-corrected chi connectivity index (χ1v) is 4.25. The van der Waals surface area contributed by atoms with Crippen molar-refractivity contribution in [1.29, 1.82) is 0 Å². The van der Waals surface area contributed by atoms with Crippen LogP contribution in [-0.2, 0) is 0 Å². The van der Waals surface area contributed by atoms with Crippen LogP contribution in [0.4, 0.5) is 19.0 Å². The molecule has 0 bridgehead atoms. The number of aromatic amines is 1. The Morgan fingerprint density at radius 3 is 2.80 bits per heavy atom. The summed E-state index contributed by atoms with van der Waals surface area (Å²) in [6.45, 7) is 1.37. The summed E-state index contributed by atoms with van der Waals surface area (Å²) in [5.74, 6) is 0.135. The highest BCUT2D eigenvalue weighted by atomic mass is 19.4. The molecule has 0 aromatic carbocycles. The molecule has 1 atom stereocenters. The molecular formula is C8H10F3N3O. The normalized spacial score (nSPS) is 13.6. The first-order valence-electron chi connectivity index (χ1n) is 4.25. The molecule has 7 heteroatoms. The van der Waals surface area contributed by atoms with E-state index < -0.39 is 24.2 Å². The summed E-state index contributed by atoms with van der Waals surface area (Å²) < 4.78 is 35.9. The van der Waals surface area contributed by atoms with Gasteiger partial charge in [-0.2, -0.15) is 13.2 Å². The van der Waals surface area contributed by atoms with Crippen molar-refractivity contribution < 1.29 is 13.2 Å². The van der Waals surface area contributed by atoms with Gasteiger partial charge in [-0.15, -0.1) is 0 Å². The number of aromatic nitrogens is 2. The van der Waals surface area contributed by atoms with Crippen LogP contribution in [0.3, 0.4) is 0 Å². The van der Waals surface area contributed by atoms with E-state index in [0.29, 0.717) is 0 Å². The van der Waals surface area contributed by atoms with Crippen molar-refractivity contribution in [2.75, 3.05) is 5.32 Å². The van der Waals surface area contributed by atoms with Gasteiger partial charge < -0.3 is 10.3 Å². The maximum atomic E-state index is 12.0. The Kier molecular flexibility index (Phi) is 3.33. The van der Waals surface area contributed by atoms with E-state index in [4.69, 9.17) is 0 Å². The Morgan fingerprint density at radius 1 is 1.60 bits per heavy atom. The predicted molar refractivity (Wildman–Crippen MR) is 48.6 cm³/mol. The lowest BCUT2D eigenvalue weighted by Crippen LogP contribution is -2.25. The van der Waals surface area contributed by atoms with Gasteiger partial charge in [-0.3, -0.25) is 4.79 Å². The van der Waals surface area contributed by atoms with Gasteiger partial charge in [0.15, 0.2) is 0 Å². The van der Waals surface area contributed by atoms with E-state index in [1.807, 2.05) is 0 Å². The van der Waals surface area contributed by atoms with E-state index in [9.17, 15) is 18.0 Å². The topological polar surface area (TPSA) is 57.8 Å². The molecular weight excluding hydrogens is 211 g/mol. The zero-order chi connectivity index (χ0) is 11.5. The highest BCUT2D eigenvalue weighted by molar-refractivity contribution is 5.32. The van der Waals surface area contributed by atoms with Gasteiger partial charge in [0.05, 0.1) is 12.7 Å². The average molecular weight is 221 g/mol. The Bertz CT molecular complexity index is 374. The average Bonchev–Trinajstić information content (AvgIpc) is 1.99. The Labute approximate surface area is 83.5 Å². The van der Waals surface area contributed by atoms with Crippen LogP contribution in [0.2, 0.25) is 0 Å². The third-order valence-corrected chi connectivity index (χ3v) is 1.61. The monoisotopic (exact) mass is 221 g/mol. The van der Waals surface area contributed by atoms with Gasteiger partial charge >= 0.3 is 6.18 Å². The number of nitrogens with zero attached hydrogens (tertiary/aromatic N) is 1. The fraction of sp³-hybridized carbons (Fsp3) is 0.500. The van der Waals surface area contributed by atoms with Crippen molar-refractivity contribution in [1.82, 2.24) is 9.97 Å². The van der Waals surface area contributed by atoms with Crippen molar-refractivity contribution in [3.05, 3.63) is 22.7 Å². The zero-order valence-corrected chi connectivity index (χ0v) is 7.93. The molecule has 2 N–H and O–H groups in total. The maximum absolute atomic E-state index is 12.0. The van der Waals surface area contributed by atoms with Gasteiger partial charge in [-0.1, -0.05) is 0 Å². The van der Waals surface area contributed by atoms with Gasteiger partial charge in [-0.25, -0.2) is 4.98 Å². The Morgan fingerprint density at radius 2 is 2.27 bits per heavy atom. The lowest BCUT2D eigenvalue weighted by molar-refractivity contribution is -0.136. The summed E-state index contributed by atoms with van der Waals surface area (Å²) in [6, 6.07) is 0.284. The van der Waals surface area contributed by atoms with Crippen LogP contribution in [0, 0.1) is 0 Å². The third-order valence-electron chi connectivity index (χ3n) is 1.61. The SMILES string of the molecule is CC(CC(F)(F)F)Nc1cc(=O)[nH]cn1. The number of H-pyrrole nitrogens is 1.